The molecular weight excluding hydrogens is 686 g/mol. The summed E-state index contributed by atoms with van der Waals surface area (Å²) in [5, 5.41) is 10.3. The molecule has 2 N–H and O–H groups in total. The number of rotatable bonds is 16. The number of para-hydroxylation sites is 1. The molecule has 0 spiro atoms. The monoisotopic (exact) mass is 737 g/mol. The number of unbranched alkanes of at least 4 members (excludes halogenated alkanes) is 1. The van der Waals surface area contributed by atoms with Gasteiger partial charge < -0.3 is 39.5 Å². The zero-order valence-electron chi connectivity index (χ0n) is 30.6. The van der Waals surface area contributed by atoms with Gasteiger partial charge in [-0.3, -0.25) is 24.0 Å². The molecule has 3 heterocycles. The summed E-state index contributed by atoms with van der Waals surface area (Å²) in [6, 6.07) is 9.00. The predicted molar refractivity (Wildman–Crippen MR) is 191 cm³/mol. The molecule has 0 radical (unpaired) electrons. The average Bonchev–Trinajstić information content (AvgIpc) is 3.82. The summed E-state index contributed by atoms with van der Waals surface area (Å²) in [5.74, 6) is -1.80. The van der Waals surface area contributed by atoms with E-state index in [2.05, 4.69) is 15.7 Å². The summed E-state index contributed by atoms with van der Waals surface area (Å²) in [5.41, 5.74) is 0.528. The van der Waals surface area contributed by atoms with E-state index in [1.807, 2.05) is 13.0 Å². The molecule has 0 bridgehead atoms. The van der Waals surface area contributed by atoms with Crippen LogP contribution in [0.15, 0.2) is 36.4 Å². The first-order valence-electron chi connectivity index (χ1n) is 18.7. The molecule has 16 heteroatoms. The first-order valence-corrected chi connectivity index (χ1v) is 18.7. The average molecular weight is 738 g/mol. The third-order valence-electron chi connectivity index (χ3n) is 9.70. The molecule has 16 nitrogen and oxygen atoms in total. The van der Waals surface area contributed by atoms with Gasteiger partial charge >= 0.3 is 12.1 Å². The first kappa shape index (κ1) is 39.1. The number of benzene rings is 1. The third-order valence-corrected chi connectivity index (χ3v) is 9.70. The molecule has 5 amide bonds. The summed E-state index contributed by atoms with van der Waals surface area (Å²) in [7, 11) is 0. The number of carbonyl (C=O) groups is 6. The van der Waals surface area contributed by atoms with Crippen LogP contribution in [0.1, 0.15) is 82.1 Å². The van der Waals surface area contributed by atoms with Crippen molar-refractivity contribution in [2.24, 2.45) is 0 Å². The maximum atomic E-state index is 13.8. The Hall–Kier alpha value is -5.15. The number of ether oxygens (including phenoxy) is 3. The zero-order valence-corrected chi connectivity index (χ0v) is 30.6. The van der Waals surface area contributed by atoms with Gasteiger partial charge in [-0.1, -0.05) is 31.5 Å². The highest BCUT2D eigenvalue weighted by Crippen LogP contribution is 2.24. The van der Waals surface area contributed by atoms with E-state index in [9.17, 15) is 28.8 Å². The van der Waals surface area contributed by atoms with Crippen LogP contribution < -0.4 is 15.4 Å². The lowest BCUT2D eigenvalue weighted by molar-refractivity contribution is -0.141. The van der Waals surface area contributed by atoms with Gasteiger partial charge in [-0.15, -0.1) is 0 Å². The molecule has 2 aliphatic heterocycles. The Morgan fingerprint density at radius 2 is 1.60 bits per heavy atom. The Balaban J connectivity index is 1.26. The van der Waals surface area contributed by atoms with Crippen molar-refractivity contribution in [3.05, 3.63) is 42.1 Å². The van der Waals surface area contributed by atoms with Crippen LogP contribution in [0, 0.1) is 0 Å². The minimum Gasteiger partial charge on any atom is -0.467 e. The second-order valence-corrected chi connectivity index (χ2v) is 13.6. The van der Waals surface area contributed by atoms with E-state index < -0.39 is 30.1 Å². The molecule has 2 unspecified atom stereocenters. The molecule has 1 aromatic heterocycles. The van der Waals surface area contributed by atoms with Crippen molar-refractivity contribution in [2.45, 2.75) is 89.8 Å². The highest BCUT2D eigenvalue weighted by Gasteiger charge is 2.36. The molecule has 53 heavy (non-hydrogen) atoms. The maximum absolute atomic E-state index is 13.8. The van der Waals surface area contributed by atoms with Gasteiger partial charge in [0.15, 0.2) is 12.3 Å². The van der Waals surface area contributed by atoms with E-state index in [1.54, 1.807) is 39.0 Å². The smallest absolute Gasteiger partial charge is 0.409 e. The van der Waals surface area contributed by atoms with Crippen LogP contribution in [0.2, 0.25) is 0 Å². The molecule has 2 aromatic rings. The van der Waals surface area contributed by atoms with Gasteiger partial charge in [0, 0.05) is 51.8 Å². The van der Waals surface area contributed by atoms with Gasteiger partial charge in [0.05, 0.1) is 18.9 Å². The van der Waals surface area contributed by atoms with E-state index >= 15 is 0 Å². The molecule has 3 aliphatic rings. The number of hydrogen-bond donors (Lipinski definition) is 2. The second kappa shape index (κ2) is 19.1. The van der Waals surface area contributed by atoms with E-state index in [0.29, 0.717) is 38.1 Å². The van der Waals surface area contributed by atoms with Gasteiger partial charge in [-0.05, 0) is 63.5 Å². The largest absolute Gasteiger partial charge is 0.467 e. The quantitative estimate of drug-likeness (QED) is 0.192. The van der Waals surface area contributed by atoms with Crippen LogP contribution in [0.4, 0.5) is 4.79 Å². The van der Waals surface area contributed by atoms with E-state index in [0.717, 1.165) is 32.1 Å². The molecule has 3 fully saturated rings. The minimum atomic E-state index is -0.980. The van der Waals surface area contributed by atoms with E-state index in [4.69, 9.17) is 14.2 Å². The van der Waals surface area contributed by atoms with Gasteiger partial charge in [0.25, 0.3) is 11.8 Å². The molecule has 5 rings (SSSR count). The number of nitrogens with zero attached hydrogens (tertiary/aromatic N) is 5. The molecule has 2 atom stereocenters. The van der Waals surface area contributed by atoms with Crippen molar-refractivity contribution >= 4 is 35.7 Å². The molecular formula is C37H51N7O9. The topological polar surface area (TPSA) is 182 Å². The molecule has 288 valence electrons. The minimum absolute atomic E-state index is 0.0485. The Kier molecular flexibility index (Phi) is 14.1. The molecule has 2 saturated heterocycles. The predicted octanol–water partition coefficient (Wildman–Crippen LogP) is 2.43. The fourth-order valence-corrected chi connectivity index (χ4v) is 6.46. The van der Waals surface area contributed by atoms with Gasteiger partial charge in [-0.2, -0.15) is 5.10 Å². The molecule has 1 saturated carbocycles. The lowest BCUT2D eigenvalue weighted by atomic mass is 9.93. The maximum Gasteiger partial charge on any atom is 0.409 e. The van der Waals surface area contributed by atoms with Crippen molar-refractivity contribution < 1.29 is 43.0 Å². The van der Waals surface area contributed by atoms with Crippen molar-refractivity contribution in [1.29, 1.82) is 0 Å². The fraction of sp³-hybridized carbons (Fsp3) is 0.595. The summed E-state index contributed by atoms with van der Waals surface area (Å²) in [6.45, 7) is 4.87. The van der Waals surface area contributed by atoms with Crippen LogP contribution in [0.3, 0.4) is 0 Å². The molecule has 1 aliphatic carbocycles. The van der Waals surface area contributed by atoms with Crippen LogP contribution in [0.5, 0.6) is 5.88 Å². The number of aromatic nitrogens is 2. The zero-order chi connectivity index (χ0) is 37.7. The number of esters is 1. The van der Waals surface area contributed by atoms with E-state index in [-0.39, 0.29) is 81.2 Å². The molecule has 1 aromatic carbocycles. The lowest BCUT2D eigenvalue weighted by Crippen LogP contribution is -2.56. The summed E-state index contributed by atoms with van der Waals surface area (Å²) in [6.07, 6.45) is 6.03. The number of amides is 5. The number of piperazine rings is 1. The highest BCUT2D eigenvalue weighted by atomic mass is 16.6. The Morgan fingerprint density at radius 3 is 2.28 bits per heavy atom. The Morgan fingerprint density at radius 1 is 0.887 bits per heavy atom. The Bertz CT molecular complexity index is 1590. The normalized spacial score (nSPS) is 17.8. The van der Waals surface area contributed by atoms with Gasteiger partial charge in [-0.25, -0.2) is 9.48 Å². The van der Waals surface area contributed by atoms with Crippen molar-refractivity contribution in [1.82, 2.24) is 35.1 Å². The standard InChI is InChI=1S/C37H51N7O9/c1-3-4-22-52-37(50)42-20-18-41(19-21-42)36(49)29(15-10-23-51-26(2)45)39-34(47)30-24-33(44(40-30)28-13-6-5-7-14-28)53-25-32(46)43-17-9-16-31(43)35(48)38-27-11-8-12-27/h5-7,13-14,24,27,29,31H,3-4,8-12,15-23,25H2,1-2H3,(H,38,48)(H,39,47). The van der Waals surface area contributed by atoms with Crippen molar-refractivity contribution in [3.63, 3.8) is 0 Å². The Labute approximate surface area is 309 Å². The first-order chi connectivity index (χ1) is 25.6. The highest BCUT2D eigenvalue weighted by molar-refractivity contribution is 5.96. The van der Waals surface area contributed by atoms with Gasteiger partial charge in [0.2, 0.25) is 17.7 Å². The second-order valence-electron chi connectivity index (χ2n) is 13.6. The third kappa shape index (κ3) is 10.7. The summed E-state index contributed by atoms with van der Waals surface area (Å²) < 4.78 is 17.8. The van der Waals surface area contributed by atoms with Crippen LogP contribution in [0.25, 0.3) is 5.69 Å². The van der Waals surface area contributed by atoms with Crippen LogP contribution in [-0.4, -0.2) is 131 Å². The lowest BCUT2D eigenvalue weighted by Gasteiger charge is -2.36. The number of likely N-dealkylation sites (tertiary alicyclic amines) is 1. The number of nitrogens with one attached hydrogen (secondary N) is 2. The van der Waals surface area contributed by atoms with Crippen molar-refractivity contribution in [3.8, 4) is 11.6 Å². The SMILES string of the molecule is CCCCOC(=O)N1CCN(C(=O)C(CCCOC(C)=O)NC(=O)c2cc(OCC(=O)N3CCCC3C(=O)NC3CCC3)n(-c3ccccc3)n2)CC1. The van der Waals surface area contributed by atoms with Crippen LogP contribution in [-0.2, 0) is 28.7 Å². The van der Waals surface area contributed by atoms with Crippen molar-refractivity contribution in [2.75, 3.05) is 52.5 Å². The summed E-state index contributed by atoms with van der Waals surface area (Å²) >= 11 is 0. The number of carbonyl (C=O) groups excluding carboxylic acids is 6. The number of hydrogen-bond acceptors (Lipinski definition) is 10. The fourth-order valence-electron chi connectivity index (χ4n) is 6.46. The van der Waals surface area contributed by atoms with Gasteiger partial charge in [0.1, 0.15) is 12.1 Å². The van der Waals surface area contributed by atoms with Crippen LogP contribution >= 0.6 is 0 Å². The van der Waals surface area contributed by atoms with E-state index in [1.165, 1.54) is 17.7 Å². The summed E-state index contributed by atoms with van der Waals surface area (Å²) in [4.78, 5) is 82.3.